The summed E-state index contributed by atoms with van der Waals surface area (Å²) in [4.78, 5) is 19.1. The predicted molar refractivity (Wildman–Crippen MR) is 120 cm³/mol. The molecule has 31 heavy (non-hydrogen) atoms. The number of nitrogens with zero attached hydrogens (tertiary/aromatic N) is 2. The summed E-state index contributed by atoms with van der Waals surface area (Å²) in [7, 11) is 3.28. The van der Waals surface area contributed by atoms with E-state index in [2.05, 4.69) is 27.3 Å². The number of anilines is 1. The van der Waals surface area contributed by atoms with Crippen LogP contribution in [0, 0.1) is 0 Å². The zero-order valence-electron chi connectivity index (χ0n) is 17.6. The molecule has 0 bridgehead atoms. The van der Waals surface area contributed by atoms with Gasteiger partial charge in [0.2, 0.25) is 0 Å². The second kappa shape index (κ2) is 9.80. The lowest BCUT2D eigenvalue weighted by Crippen LogP contribution is -2.30. The topological polar surface area (TPSA) is 72.9 Å². The summed E-state index contributed by atoms with van der Waals surface area (Å²) in [6.07, 6.45) is 0.988. The van der Waals surface area contributed by atoms with Crippen molar-refractivity contribution in [1.29, 1.82) is 0 Å². The van der Waals surface area contributed by atoms with Gasteiger partial charge in [-0.25, -0.2) is 4.98 Å². The third-order valence-electron chi connectivity index (χ3n) is 5.10. The number of benzene rings is 2. The van der Waals surface area contributed by atoms with E-state index in [0.29, 0.717) is 16.6 Å². The van der Waals surface area contributed by atoms with Crippen LogP contribution in [-0.2, 0) is 24.3 Å². The summed E-state index contributed by atoms with van der Waals surface area (Å²) in [5.74, 6) is 1.92. The Hall–Kier alpha value is -3.10. The summed E-state index contributed by atoms with van der Waals surface area (Å²) >= 11 is 1.42. The molecule has 1 aliphatic rings. The van der Waals surface area contributed by atoms with E-state index < -0.39 is 0 Å². The Labute approximate surface area is 185 Å². The van der Waals surface area contributed by atoms with E-state index in [1.807, 2.05) is 23.6 Å². The van der Waals surface area contributed by atoms with Crippen LogP contribution in [0.5, 0.6) is 17.2 Å². The predicted octanol–water partition coefficient (Wildman–Crippen LogP) is 3.74. The Bertz CT molecular complexity index is 1050. The van der Waals surface area contributed by atoms with Gasteiger partial charge < -0.3 is 14.2 Å². The number of nitrogens with one attached hydrogen (secondary N) is 1. The maximum atomic E-state index is 12.2. The lowest BCUT2D eigenvalue weighted by atomic mass is 9.99. The van der Waals surface area contributed by atoms with Crippen molar-refractivity contribution in [1.82, 2.24) is 9.88 Å². The van der Waals surface area contributed by atoms with E-state index in [0.717, 1.165) is 37.5 Å². The zero-order valence-corrected chi connectivity index (χ0v) is 18.4. The van der Waals surface area contributed by atoms with E-state index >= 15 is 0 Å². The van der Waals surface area contributed by atoms with Crippen molar-refractivity contribution >= 4 is 22.4 Å². The molecule has 1 aromatic heterocycles. The van der Waals surface area contributed by atoms with Crippen LogP contribution in [0.15, 0.2) is 47.8 Å². The molecule has 1 N–H and O–H groups in total. The molecule has 1 amide bonds. The molecule has 0 saturated heterocycles. The highest BCUT2D eigenvalue weighted by atomic mass is 32.1. The fraction of sp³-hybridized carbons (Fsp3) is 0.304. The third-order valence-corrected chi connectivity index (χ3v) is 5.91. The number of aromatic nitrogens is 1. The minimum atomic E-state index is -0.246. The number of hydrogen-bond donors (Lipinski definition) is 1. The molecule has 0 spiro atoms. The monoisotopic (exact) mass is 439 g/mol. The Kier molecular flexibility index (Phi) is 6.69. The maximum absolute atomic E-state index is 12.2. The molecule has 7 nitrogen and oxygen atoms in total. The molecule has 0 unspecified atom stereocenters. The second-order valence-corrected chi connectivity index (χ2v) is 8.11. The number of amides is 1. The van der Waals surface area contributed by atoms with Crippen molar-refractivity contribution < 1.29 is 19.0 Å². The van der Waals surface area contributed by atoms with Gasteiger partial charge in [0.15, 0.2) is 11.7 Å². The van der Waals surface area contributed by atoms with Crippen molar-refractivity contribution in [2.75, 3.05) is 32.7 Å². The smallest absolute Gasteiger partial charge is 0.264 e. The van der Waals surface area contributed by atoms with Crippen LogP contribution >= 0.6 is 11.3 Å². The highest BCUT2D eigenvalue weighted by molar-refractivity contribution is 7.13. The van der Waals surface area contributed by atoms with Gasteiger partial charge in [-0.05, 0) is 41.8 Å². The number of thiazole rings is 1. The van der Waals surface area contributed by atoms with Crippen molar-refractivity contribution in [3.8, 4) is 17.2 Å². The van der Waals surface area contributed by atoms with Gasteiger partial charge in [-0.3, -0.25) is 15.0 Å². The maximum Gasteiger partial charge on any atom is 0.264 e. The van der Waals surface area contributed by atoms with Gasteiger partial charge in [0.1, 0.15) is 17.2 Å². The molecule has 0 saturated carbocycles. The summed E-state index contributed by atoms with van der Waals surface area (Å²) in [6, 6.07) is 13.4. The van der Waals surface area contributed by atoms with Crippen LogP contribution in [0.4, 0.5) is 5.13 Å². The summed E-state index contributed by atoms with van der Waals surface area (Å²) in [5, 5.41) is 5.37. The normalized spacial score (nSPS) is 13.4. The number of ether oxygens (including phenoxy) is 3. The average Bonchev–Trinajstić information content (AvgIpc) is 3.23. The molecule has 0 aliphatic carbocycles. The van der Waals surface area contributed by atoms with Crippen LogP contribution in [-0.4, -0.2) is 43.2 Å². The van der Waals surface area contributed by atoms with Crippen molar-refractivity contribution in [2.45, 2.75) is 19.5 Å². The SMILES string of the molecule is COc1cccc(OCC(=O)Nc2nc(CN3CCc4cc(OC)ccc4C3)cs2)c1. The van der Waals surface area contributed by atoms with Crippen LogP contribution in [0.2, 0.25) is 0 Å². The quantitative estimate of drug-likeness (QED) is 0.577. The summed E-state index contributed by atoms with van der Waals surface area (Å²) < 4.78 is 16.0. The van der Waals surface area contributed by atoms with Crippen LogP contribution in [0.3, 0.4) is 0 Å². The number of fused-ring (bicyclic) bond motifs is 1. The average molecular weight is 440 g/mol. The van der Waals surface area contributed by atoms with Crippen LogP contribution in [0.25, 0.3) is 0 Å². The van der Waals surface area contributed by atoms with Crippen molar-refractivity contribution in [3.05, 3.63) is 64.7 Å². The van der Waals surface area contributed by atoms with Gasteiger partial charge >= 0.3 is 0 Å². The number of methoxy groups -OCH3 is 2. The lowest BCUT2D eigenvalue weighted by molar-refractivity contribution is -0.118. The molecule has 0 atom stereocenters. The van der Waals surface area contributed by atoms with Crippen LogP contribution < -0.4 is 19.5 Å². The van der Waals surface area contributed by atoms with Crippen molar-refractivity contribution in [3.63, 3.8) is 0 Å². The largest absolute Gasteiger partial charge is 0.497 e. The van der Waals surface area contributed by atoms with Gasteiger partial charge in [-0.2, -0.15) is 0 Å². The first-order valence-corrected chi connectivity index (χ1v) is 10.9. The first-order chi connectivity index (χ1) is 15.1. The molecule has 3 aromatic rings. The van der Waals surface area contributed by atoms with E-state index in [9.17, 15) is 4.79 Å². The van der Waals surface area contributed by atoms with Crippen LogP contribution in [0.1, 0.15) is 16.8 Å². The molecule has 1 aliphatic heterocycles. The molecule has 0 radical (unpaired) electrons. The Morgan fingerprint density at radius 1 is 1.10 bits per heavy atom. The zero-order chi connectivity index (χ0) is 21.6. The van der Waals surface area contributed by atoms with Gasteiger partial charge in [0.05, 0.1) is 19.9 Å². The third kappa shape index (κ3) is 5.53. The van der Waals surface area contributed by atoms with E-state index in [-0.39, 0.29) is 12.5 Å². The van der Waals surface area contributed by atoms with Crippen molar-refractivity contribution in [2.24, 2.45) is 0 Å². The van der Waals surface area contributed by atoms with Gasteiger partial charge in [-0.1, -0.05) is 12.1 Å². The minimum absolute atomic E-state index is 0.0888. The van der Waals surface area contributed by atoms with E-state index in [1.54, 1.807) is 26.4 Å². The number of hydrogen-bond acceptors (Lipinski definition) is 7. The summed E-state index contributed by atoms with van der Waals surface area (Å²) in [6.45, 7) is 2.51. The van der Waals surface area contributed by atoms with E-state index in [4.69, 9.17) is 14.2 Å². The molecule has 2 aromatic carbocycles. The van der Waals surface area contributed by atoms with Gasteiger partial charge in [-0.15, -0.1) is 11.3 Å². The molecule has 2 heterocycles. The van der Waals surface area contributed by atoms with Gasteiger partial charge in [0, 0.05) is 31.1 Å². The molecule has 162 valence electrons. The van der Waals surface area contributed by atoms with Gasteiger partial charge in [0.25, 0.3) is 5.91 Å². The highest BCUT2D eigenvalue weighted by Gasteiger charge is 2.18. The highest BCUT2D eigenvalue weighted by Crippen LogP contribution is 2.25. The molecular weight excluding hydrogens is 414 g/mol. The number of carbonyl (C=O) groups excluding carboxylic acids is 1. The lowest BCUT2D eigenvalue weighted by Gasteiger charge is -2.28. The fourth-order valence-corrected chi connectivity index (χ4v) is 4.23. The summed E-state index contributed by atoms with van der Waals surface area (Å²) in [5.41, 5.74) is 3.62. The second-order valence-electron chi connectivity index (χ2n) is 7.26. The minimum Gasteiger partial charge on any atom is -0.497 e. The standard InChI is InChI=1S/C23H25N3O4S/c1-28-19-4-3-5-21(11-19)30-14-22(27)25-23-24-18(15-31-23)13-26-9-8-16-10-20(29-2)7-6-17(16)12-26/h3-7,10-11,15H,8-9,12-14H2,1-2H3,(H,24,25,27). The molecule has 8 heteroatoms. The first-order valence-electron chi connectivity index (χ1n) is 10.0. The molecule has 4 rings (SSSR count). The number of carbonyl (C=O) groups is 1. The van der Waals surface area contributed by atoms with E-state index in [1.165, 1.54) is 22.5 Å². The fourth-order valence-electron chi connectivity index (χ4n) is 3.51. The Morgan fingerprint density at radius 3 is 2.74 bits per heavy atom. The number of rotatable bonds is 8. The molecular formula is C23H25N3O4S. The Morgan fingerprint density at radius 2 is 1.90 bits per heavy atom. The first kappa shape index (κ1) is 21.1. The Balaban J connectivity index is 1.27. The molecule has 0 fully saturated rings.